The molecule has 1 fully saturated rings. The van der Waals surface area contributed by atoms with Crippen LogP contribution in [0.15, 0.2) is 23.1 Å². The molecule has 2 rings (SSSR count). The van der Waals surface area contributed by atoms with Gasteiger partial charge in [-0.05, 0) is 30.7 Å². The highest BCUT2D eigenvalue weighted by molar-refractivity contribution is 7.94. The number of nitrogens with one attached hydrogen (secondary N) is 2. The molecule has 0 atom stereocenters. The normalized spacial score (nSPS) is 16.9. The molecule has 1 aromatic carbocycles. The topological polar surface area (TPSA) is 130 Å². The minimum Gasteiger partial charge on any atom is -0.355 e. The van der Waals surface area contributed by atoms with E-state index >= 15 is 0 Å². The molecule has 0 unspecified atom stereocenters. The molecule has 1 aliphatic rings. The largest absolute Gasteiger partial charge is 0.355 e. The second-order valence-electron chi connectivity index (χ2n) is 5.55. The highest BCUT2D eigenvalue weighted by Gasteiger charge is 2.36. The third-order valence-electron chi connectivity index (χ3n) is 3.55. The number of rotatable bonds is 6. The van der Waals surface area contributed by atoms with Gasteiger partial charge in [-0.2, -0.15) is 0 Å². The van der Waals surface area contributed by atoms with Crippen molar-refractivity contribution in [3.8, 4) is 0 Å². The van der Waals surface area contributed by atoms with E-state index in [0.717, 1.165) is 0 Å². The van der Waals surface area contributed by atoms with Crippen molar-refractivity contribution in [2.75, 3.05) is 23.1 Å². The van der Waals surface area contributed by atoms with Crippen LogP contribution in [0, 0.1) is 6.92 Å². The zero-order valence-electron chi connectivity index (χ0n) is 13.8. The van der Waals surface area contributed by atoms with Crippen molar-refractivity contribution in [2.45, 2.75) is 25.2 Å². The summed E-state index contributed by atoms with van der Waals surface area (Å²) in [6.45, 7) is 3.00. The van der Waals surface area contributed by atoms with Crippen LogP contribution in [0.2, 0.25) is 0 Å². The molecule has 0 saturated carbocycles. The van der Waals surface area contributed by atoms with E-state index in [2.05, 4.69) is 10.0 Å². The highest BCUT2D eigenvalue weighted by Crippen LogP contribution is 2.28. The number of aryl methyl sites for hydroxylation is 1. The van der Waals surface area contributed by atoms with Crippen LogP contribution in [0.5, 0.6) is 0 Å². The first-order valence-electron chi connectivity index (χ1n) is 7.45. The van der Waals surface area contributed by atoms with Crippen molar-refractivity contribution < 1.29 is 26.4 Å². The Morgan fingerprint density at radius 3 is 2.48 bits per heavy atom. The fraction of sp³-hybridized carbons (Fsp3) is 0.429. The van der Waals surface area contributed by atoms with Crippen molar-refractivity contribution in [3.05, 3.63) is 23.8 Å². The van der Waals surface area contributed by atoms with Gasteiger partial charge in [0.25, 0.3) is 0 Å². The molecular weight excluding hydrogens is 370 g/mol. The van der Waals surface area contributed by atoms with E-state index in [-0.39, 0.29) is 41.8 Å². The van der Waals surface area contributed by atoms with Gasteiger partial charge in [0.2, 0.25) is 31.9 Å². The van der Waals surface area contributed by atoms with Crippen molar-refractivity contribution >= 4 is 37.5 Å². The fourth-order valence-corrected chi connectivity index (χ4v) is 5.14. The van der Waals surface area contributed by atoms with E-state index in [1.54, 1.807) is 0 Å². The first-order valence-corrected chi connectivity index (χ1v) is 10.5. The standard InChI is InChI=1S/C14H19N3O6S2/c1-10-9-12(17-14(19)5-8-24(17,20)21)3-4-13(10)25(22,23)16-7-6-15-11(2)18/h3-4,9,16H,5-8H2,1-2H3,(H,15,18). The fourth-order valence-electron chi connectivity index (χ4n) is 2.43. The van der Waals surface area contributed by atoms with Gasteiger partial charge in [0.15, 0.2) is 0 Å². The Bertz CT molecular complexity index is 908. The van der Waals surface area contributed by atoms with E-state index < -0.39 is 26.0 Å². The molecular formula is C14H19N3O6S2. The van der Waals surface area contributed by atoms with Crippen LogP contribution in [0.1, 0.15) is 18.9 Å². The molecule has 1 aliphatic heterocycles. The van der Waals surface area contributed by atoms with Gasteiger partial charge in [0.1, 0.15) is 0 Å². The van der Waals surface area contributed by atoms with E-state index in [1.165, 1.54) is 32.0 Å². The third kappa shape index (κ3) is 4.35. The van der Waals surface area contributed by atoms with Crippen molar-refractivity contribution in [1.29, 1.82) is 0 Å². The van der Waals surface area contributed by atoms with E-state index in [0.29, 0.717) is 9.87 Å². The lowest BCUT2D eigenvalue weighted by molar-refractivity contribution is -0.119. The highest BCUT2D eigenvalue weighted by atomic mass is 32.2. The summed E-state index contributed by atoms with van der Waals surface area (Å²) in [5, 5.41) is 2.47. The maximum atomic E-state index is 12.3. The first-order chi connectivity index (χ1) is 11.5. The number of benzene rings is 1. The Hall–Kier alpha value is -1.98. The van der Waals surface area contributed by atoms with Crippen molar-refractivity contribution in [2.24, 2.45) is 0 Å². The van der Waals surface area contributed by atoms with E-state index in [9.17, 15) is 26.4 Å². The molecule has 0 bridgehead atoms. The average Bonchev–Trinajstić information content (AvgIpc) is 2.76. The van der Waals surface area contributed by atoms with Crippen LogP contribution in [0.25, 0.3) is 0 Å². The number of hydrogen-bond donors (Lipinski definition) is 2. The molecule has 0 radical (unpaired) electrons. The molecule has 0 spiro atoms. The molecule has 2 N–H and O–H groups in total. The van der Waals surface area contributed by atoms with Gasteiger partial charge in [-0.1, -0.05) is 0 Å². The quantitative estimate of drug-likeness (QED) is 0.630. The Morgan fingerprint density at radius 1 is 1.28 bits per heavy atom. The van der Waals surface area contributed by atoms with Crippen molar-refractivity contribution in [1.82, 2.24) is 10.0 Å². The molecule has 1 heterocycles. The predicted molar refractivity (Wildman–Crippen MR) is 90.9 cm³/mol. The summed E-state index contributed by atoms with van der Waals surface area (Å²) < 4.78 is 51.5. The lowest BCUT2D eigenvalue weighted by Gasteiger charge is -2.17. The van der Waals surface area contributed by atoms with Crippen LogP contribution < -0.4 is 14.3 Å². The molecule has 9 nitrogen and oxygen atoms in total. The van der Waals surface area contributed by atoms with Gasteiger partial charge in [0.05, 0.1) is 16.3 Å². The molecule has 11 heteroatoms. The Labute approximate surface area is 146 Å². The number of nitrogens with zero attached hydrogens (tertiary/aromatic N) is 1. The van der Waals surface area contributed by atoms with Gasteiger partial charge in [0, 0.05) is 26.4 Å². The Morgan fingerprint density at radius 2 is 1.96 bits per heavy atom. The molecule has 1 aromatic rings. The van der Waals surface area contributed by atoms with Crippen LogP contribution in [0.4, 0.5) is 5.69 Å². The summed E-state index contributed by atoms with van der Waals surface area (Å²) >= 11 is 0. The summed E-state index contributed by atoms with van der Waals surface area (Å²) in [5.74, 6) is -1.06. The van der Waals surface area contributed by atoms with Crippen LogP contribution >= 0.6 is 0 Å². The summed E-state index contributed by atoms with van der Waals surface area (Å²) in [6, 6.07) is 3.89. The minimum atomic E-state index is -3.83. The maximum Gasteiger partial charge on any atom is 0.242 e. The monoisotopic (exact) mass is 389 g/mol. The number of amides is 2. The molecule has 1 saturated heterocycles. The van der Waals surface area contributed by atoms with Gasteiger partial charge in [-0.3, -0.25) is 9.59 Å². The van der Waals surface area contributed by atoms with Crippen LogP contribution in [-0.4, -0.2) is 47.5 Å². The van der Waals surface area contributed by atoms with Crippen LogP contribution in [0.3, 0.4) is 0 Å². The number of carbonyl (C=O) groups is 2. The van der Waals surface area contributed by atoms with Crippen molar-refractivity contribution in [3.63, 3.8) is 0 Å². The van der Waals surface area contributed by atoms with Gasteiger partial charge in [-0.25, -0.2) is 25.9 Å². The van der Waals surface area contributed by atoms with Gasteiger partial charge < -0.3 is 5.32 Å². The van der Waals surface area contributed by atoms with Crippen LogP contribution in [-0.2, 0) is 29.6 Å². The smallest absolute Gasteiger partial charge is 0.242 e. The SMILES string of the molecule is CC(=O)NCCNS(=O)(=O)c1ccc(N2C(=O)CCS2(=O)=O)cc1C. The Kier molecular flexibility index (Phi) is 5.49. The second-order valence-corrected chi connectivity index (χ2v) is 9.23. The summed E-state index contributed by atoms with van der Waals surface area (Å²) in [6.07, 6.45) is -0.0911. The zero-order valence-corrected chi connectivity index (χ0v) is 15.4. The van der Waals surface area contributed by atoms with Gasteiger partial charge >= 0.3 is 0 Å². The zero-order chi connectivity index (χ0) is 18.8. The average molecular weight is 389 g/mol. The molecule has 138 valence electrons. The number of anilines is 1. The number of carbonyl (C=O) groups excluding carboxylic acids is 2. The predicted octanol–water partition coefficient (Wildman–Crippen LogP) is -0.524. The molecule has 0 aromatic heterocycles. The summed E-state index contributed by atoms with van der Waals surface area (Å²) in [7, 11) is -7.53. The number of sulfonamides is 2. The lowest BCUT2D eigenvalue weighted by Crippen LogP contribution is -2.34. The minimum absolute atomic E-state index is 0.0160. The molecule has 0 aliphatic carbocycles. The molecule has 25 heavy (non-hydrogen) atoms. The maximum absolute atomic E-state index is 12.3. The first kappa shape index (κ1) is 19.3. The van der Waals surface area contributed by atoms with E-state index in [1.807, 2.05) is 0 Å². The summed E-state index contributed by atoms with van der Waals surface area (Å²) in [5.41, 5.74) is 0.427. The summed E-state index contributed by atoms with van der Waals surface area (Å²) in [4.78, 5) is 22.5. The third-order valence-corrected chi connectivity index (χ3v) is 6.86. The Balaban J connectivity index is 2.22. The van der Waals surface area contributed by atoms with Gasteiger partial charge in [-0.15, -0.1) is 0 Å². The van der Waals surface area contributed by atoms with E-state index in [4.69, 9.17) is 0 Å². The lowest BCUT2D eigenvalue weighted by atomic mass is 10.2. The second kappa shape index (κ2) is 7.10. The molecule has 2 amide bonds. The number of hydrogen-bond acceptors (Lipinski definition) is 6.